The second-order valence-corrected chi connectivity index (χ2v) is 6.33. The first-order valence-corrected chi connectivity index (χ1v) is 8.56. The van der Waals surface area contributed by atoms with Crippen LogP contribution in [0.5, 0.6) is 5.75 Å². The molecule has 0 aliphatic carbocycles. The van der Waals surface area contributed by atoms with E-state index in [0.717, 1.165) is 37.8 Å². The Bertz CT molecular complexity index is 455. The Morgan fingerprint density at radius 1 is 1.33 bits per heavy atom. The fourth-order valence-electron chi connectivity index (χ4n) is 3.58. The van der Waals surface area contributed by atoms with Crippen molar-refractivity contribution in [3.05, 3.63) is 29.3 Å². The van der Waals surface area contributed by atoms with Gasteiger partial charge in [-0.05, 0) is 56.0 Å². The van der Waals surface area contributed by atoms with Gasteiger partial charge in [-0.15, -0.1) is 0 Å². The lowest BCUT2D eigenvalue weighted by atomic mass is 10.0. The first-order chi connectivity index (χ1) is 10.4. The molecule has 0 aromatic heterocycles. The van der Waals surface area contributed by atoms with E-state index in [4.69, 9.17) is 4.74 Å². The van der Waals surface area contributed by atoms with Crippen molar-refractivity contribution in [2.75, 3.05) is 32.8 Å². The van der Waals surface area contributed by atoms with E-state index in [1.54, 1.807) is 0 Å². The maximum Gasteiger partial charge on any atom is 0.122 e. The number of hydrogen-bond donors (Lipinski definition) is 1. The molecule has 0 bridgehead atoms. The van der Waals surface area contributed by atoms with Gasteiger partial charge in [0.15, 0.2) is 0 Å². The summed E-state index contributed by atoms with van der Waals surface area (Å²) in [6, 6.07) is 7.49. The van der Waals surface area contributed by atoms with Gasteiger partial charge in [0.05, 0.1) is 6.61 Å². The number of piperidine rings is 1. The first kappa shape index (κ1) is 14.9. The maximum atomic E-state index is 5.59. The Balaban J connectivity index is 1.58. The van der Waals surface area contributed by atoms with Crippen molar-refractivity contribution in [1.29, 1.82) is 0 Å². The van der Waals surface area contributed by atoms with Crippen molar-refractivity contribution in [3.63, 3.8) is 0 Å². The lowest BCUT2D eigenvalue weighted by Crippen LogP contribution is -2.47. The summed E-state index contributed by atoms with van der Waals surface area (Å²) in [4.78, 5) is 2.69. The summed E-state index contributed by atoms with van der Waals surface area (Å²) in [5.41, 5.74) is 2.86. The van der Waals surface area contributed by atoms with E-state index >= 15 is 0 Å². The van der Waals surface area contributed by atoms with Gasteiger partial charge in [0, 0.05) is 25.6 Å². The first-order valence-electron chi connectivity index (χ1n) is 8.56. The van der Waals surface area contributed by atoms with E-state index in [1.807, 2.05) is 0 Å². The molecule has 1 saturated heterocycles. The molecule has 21 heavy (non-hydrogen) atoms. The SMILES string of the molecule is CCCN(CCc1ccc2c(c1)CCO2)C1CCCNC1. The molecule has 0 saturated carbocycles. The van der Waals surface area contributed by atoms with Crippen LogP contribution < -0.4 is 10.1 Å². The Morgan fingerprint density at radius 2 is 2.29 bits per heavy atom. The van der Waals surface area contributed by atoms with Crippen molar-refractivity contribution < 1.29 is 4.74 Å². The normalized spacial score (nSPS) is 21.3. The fourth-order valence-corrected chi connectivity index (χ4v) is 3.58. The third-order valence-corrected chi connectivity index (χ3v) is 4.74. The highest BCUT2D eigenvalue weighted by Gasteiger charge is 2.20. The molecular formula is C18H28N2O. The Hall–Kier alpha value is -1.06. The molecule has 116 valence electrons. The van der Waals surface area contributed by atoms with E-state index in [-0.39, 0.29) is 0 Å². The summed E-state index contributed by atoms with van der Waals surface area (Å²) in [6.07, 6.45) is 6.15. The highest BCUT2D eigenvalue weighted by atomic mass is 16.5. The van der Waals surface area contributed by atoms with Crippen LogP contribution in [0, 0.1) is 0 Å². The molecule has 0 spiro atoms. The zero-order valence-corrected chi connectivity index (χ0v) is 13.2. The molecule has 1 unspecified atom stereocenters. The molecule has 0 amide bonds. The molecule has 2 aliphatic rings. The number of nitrogens with one attached hydrogen (secondary N) is 1. The Kier molecular flexibility index (Phi) is 5.15. The van der Waals surface area contributed by atoms with Gasteiger partial charge < -0.3 is 10.1 Å². The molecule has 1 aromatic carbocycles. The third kappa shape index (κ3) is 3.78. The lowest BCUT2D eigenvalue weighted by molar-refractivity contribution is 0.167. The highest BCUT2D eigenvalue weighted by molar-refractivity contribution is 5.39. The monoisotopic (exact) mass is 288 g/mol. The van der Waals surface area contributed by atoms with E-state index in [0.29, 0.717) is 0 Å². The summed E-state index contributed by atoms with van der Waals surface area (Å²) in [6.45, 7) is 7.91. The molecule has 1 atom stereocenters. The number of fused-ring (bicyclic) bond motifs is 1. The van der Waals surface area contributed by atoms with Crippen LogP contribution in [0.15, 0.2) is 18.2 Å². The molecule has 1 N–H and O–H groups in total. The van der Waals surface area contributed by atoms with Gasteiger partial charge in [-0.1, -0.05) is 19.1 Å². The molecule has 1 aromatic rings. The van der Waals surface area contributed by atoms with Crippen LogP contribution in [-0.4, -0.2) is 43.7 Å². The van der Waals surface area contributed by atoms with Crippen LogP contribution in [0.3, 0.4) is 0 Å². The van der Waals surface area contributed by atoms with E-state index in [2.05, 4.69) is 35.3 Å². The standard InChI is InChI=1S/C18H28N2O/c1-2-10-20(17-4-3-9-19-14-17)11-7-15-5-6-18-16(13-15)8-12-21-18/h5-6,13,17,19H,2-4,7-12,14H2,1H3. The molecule has 3 heteroatoms. The summed E-state index contributed by atoms with van der Waals surface area (Å²) in [7, 11) is 0. The molecule has 2 heterocycles. The second kappa shape index (κ2) is 7.28. The van der Waals surface area contributed by atoms with Crippen molar-refractivity contribution in [1.82, 2.24) is 10.2 Å². The van der Waals surface area contributed by atoms with Crippen molar-refractivity contribution in [2.45, 2.75) is 45.1 Å². The molecule has 3 rings (SSSR count). The molecule has 3 nitrogen and oxygen atoms in total. The van der Waals surface area contributed by atoms with Crippen LogP contribution in [0.1, 0.15) is 37.3 Å². The van der Waals surface area contributed by atoms with Gasteiger partial charge in [-0.25, -0.2) is 0 Å². The van der Waals surface area contributed by atoms with Gasteiger partial charge in [0.25, 0.3) is 0 Å². The summed E-state index contributed by atoms with van der Waals surface area (Å²) < 4.78 is 5.59. The van der Waals surface area contributed by atoms with Gasteiger partial charge in [0.2, 0.25) is 0 Å². The predicted octanol–water partition coefficient (Wildman–Crippen LogP) is 2.63. The minimum atomic E-state index is 0.733. The van der Waals surface area contributed by atoms with Gasteiger partial charge in [0.1, 0.15) is 5.75 Å². The quantitative estimate of drug-likeness (QED) is 0.871. The van der Waals surface area contributed by atoms with Gasteiger partial charge in [-0.2, -0.15) is 0 Å². The lowest BCUT2D eigenvalue weighted by Gasteiger charge is -2.34. The summed E-state index contributed by atoms with van der Waals surface area (Å²) in [5, 5.41) is 3.55. The number of hydrogen-bond acceptors (Lipinski definition) is 3. The van der Waals surface area contributed by atoms with E-state index in [1.165, 1.54) is 50.0 Å². The van der Waals surface area contributed by atoms with Crippen molar-refractivity contribution >= 4 is 0 Å². The second-order valence-electron chi connectivity index (χ2n) is 6.33. The summed E-state index contributed by atoms with van der Waals surface area (Å²) in [5.74, 6) is 1.10. The molecular weight excluding hydrogens is 260 g/mol. The minimum absolute atomic E-state index is 0.733. The third-order valence-electron chi connectivity index (χ3n) is 4.74. The van der Waals surface area contributed by atoms with Crippen molar-refractivity contribution in [2.24, 2.45) is 0 Å². The highest BCUT2D eigenvalue weighted by Crippen LogP contribution is 2.26. The van der Waals surface area contributed by atoms with E-state index in [9.17, 15) is 0 Å². The topological polar surface area (TPSA) is 24.5 Å². The molecule has 0 radical (unpaired) electrons. The number of benzene rings is 1. The number of nitrogens with zero attached hydrogens (tertiary/aromatic N) is 1. The van der Waals surface area contributed by atoms with Crippen LogP contribution in [0.25, 0.3) is 0 Å². The van der Waals surface area contributed by atoms with Crippen molar-refractivity contribution in [3.8, 4) is 5.75 Å². The van der Waals surface area contributed by atoms with Crippen LogP contribution in [0.4, 0.5) is 0 Å². The smallest absolute Gasteiger partial charge is 0.122 e. The maximum absolute atomic E-state index is 5.59. The molecule has 2 aliphatic heterocycles. The largest absolute Gasteiger partial charge is 0.493 e. The molecule has 1 fully saturated rings. The van der Waals surface area contributed by atoms with Gasteiger partial charge >= 0.3 is 0 Å². The van der Waals surface area contributed by atoms with E-state index < -0.39 is 0 Å². The Morgan fingerprint density at radius 3 is 3.10 bits per heavy atom. The summed E-state index contributed by atoms with van der Waals surface area (Å²) >= 11 is 0. The average Bonchev–Trinajstić information content (AvgIpc) is 3.00. The number of ether oxygens (including phenoxy) is 1. The fraction of sp³-hybridized carbons (Fsp3) is 0.667. The Labute approximate surface area is 128 Å². The van der Waals surface area contributed by atoms with Crippen LogP contribution >= 0.6 is 0 Å². The van der Waals surface area contributed by atoms with Crippen LogP contribution in [-0.2, 0) is 12.8 Å². The van der Waals surface area contributed by atoms with Crippen LogP contribution in [0.2, 0.25) is 0 Å². The predicted molar refractivity (Wildman–Crippen MR) is 87.1 cm³/mol. The number of rotatable bonds is 6. The van der Waals surface area contributed by atoms with Gasteiger partial charge in [-0.3, -0.25) is 4.90 Å². The minimum Gasteiger partial charge on any atom is -0.493 e. The average molecular weight is 288 g/mol. The zero-order chi connectivity index (χ0) is 14.5. The zero-order valence-electron chi connectivity index (χ0n) is 13.2.